The van der Waals surface area contributed by atoms with E-state index in [1.807, 2.05) is 0 Å². The third-order valence-corrected chi connectivity index (χ3v) is 2.68. The first-order valence-electron chi connectivity index (χ1n) is 6.08. The summed E-state index contributed by atoms with van der Waals surface area (Å²) in [7, 11) is 0. The molecule has 112 valence electrons. The van der Waals surface area contributed by atoms with E-state index in [2.05, 4.69) is 4.74 Å². The SMILES string of the molecule is CC(C)(C)OC(=O)COC1(COC(F)(F)F)CCC1. The molecule has 1 saturated carbocycles. The van der Waals surface area contributed by atoms with Crippen molar-refractivity contribution in [3.63, 3.8) is 0 Å². The van der Waals surface area contributed by atoms with Crippen molar-refractivity contribution in [3.8, 4) is 0 Å². The van der Waals surface area contributed by atoms with E-state index in [0.717, 1.165) is 6.42 Å². The minimum absolute atomic E-state index is 0.363. The molecule has 0 aliphatic heterocycles. The van der Waals surface area contributed by atoms with Gasteiger partial charge in [-0.15, -0.1) is 13.2 Å². The number of alkyl halides is 3. The molecule has 0 aromatic rings. The van der Waals surface area contributed by atoms with Crippen LogP contribution in [0.2, 0.25) is 0 Å². The topological polar surface area (TPSA) is 44.8 Å². The average Bonchev–Trinajstić information content (AvgIpc) is 2.10. The highest BCUT2D eigenvalue weighted by Gasteiger charge is 2.43. The molecule has 0 heterocycles. The van der Waals surface area contributed by atoms with Crippen LogP contribution in [0.1, 0.15) is 40.0 Å². The first-order chi connectivity index (χ1) is 8.52. The summed E-state index contributed by atoms with van der Waals surface area (Å²) >= 11 is 0. The fourth-order valence-corrected chi connectivity index (χ4v) is 1.70. The lowest BCUT2D eigenvalue weighted by Crippen LogP contribution is -2.47. The minimum atomic E-state index is -4.68. The van der Waals surface area contributed by atoms with Gasteiger partial charge in [0, 0.05) is 0 Å². The molecule has 0 amide bonds. The fourth-order valence-electron chi connectivity index (χ4n) is 1.70. The molecule has 4 nitrogen and oxygen atoms in total. The summed E-state index contributed by atoms with van der Waals surface area (Å²) < 4.78 is 50.1. The molecule has 1 rings (SSSR count). The van der Waals surface area contributed by atoms with Gasteiger partial charge < -0.3 is 9.47 Å². The van der Waals surface area contributed by atoms with Crippen molar-refractivity contribution in [2.45, 2.75) is 57.6 Å². The van der Waals surface area contributed by atoms with Crippen molar-refractivity contribution in [2.24, 2.45) is 0 Å². The molecule has 0 radical (unpaired) electrons. The highest BCUT2D eigenvalue weighted by Crippen LogP contribution is 2.37. The van der Waals surface area contributed by atoms with Crippen LogP contribution in [0.25, 0.3) is 0 Å². The predicted octanol–water partition coefficient (Wildman–Crippen LogP) is 2.80. The number of esters is 1. The van der Waals surface area contributed by atoms with Gasteiger partial charge in [-0.2, -0.15) is 0 Å². The summed E-state index contributed by atoms with van der Waals surface area (Å²) in [5.74, 6) is -0.592. The summed E-state index contributed by atoms with van der Waals surface area (Å²) in [5, 5.41) is 0. The van der Waals surface area contributed by atoms with Crippen molar-refractivity contribution in [1.82, 2.24) is 0 Å². The van der Waals surface area contributed by atoms with Gasteiger partial charge in [-0.25, -0.2) is 4.79 Å². The molecular formula is C12H19F3O4. The zero-order chi connectivity index (χ0) is 14.7. The lowest BCUT2D eigenvalue weighted by Gasteiger charge is -2.41. The number of hydrogen-bond acceptors (Lipinski definition) is 4. The van der Waals surface area contributed by atoms with E-state index in [0.29, 0.717) is 12.8 Å². The predicted molar refractivity (Wildman–Crippen MR) is 60.4 cm³/mol. The van der Waals surface area contributed by atoms with Crippen LogP contribution in [0.3, 0.4) is 0 Å². The second-order valence-electron chi connectivity index (χ2n) is 5.65. The second kappa shape index (κ2) is 5.66. The Hall–Kier alpha value is -0.820. The van der Waals surface area contributed by atoms with E-state index >= 15 is 0 Å². The van der Waals surface area contributed by atoms with Gasteiger partial charge in [-0.1, -0.05) is 0 Å². The molecule has 0 unspecified atom stereocenters. The molecule has 0 bridgehead atoms. The van der Waals surface area contributed by atoms with Crippen LogP contribution in [-0.4, -0.2) is 36.7 Å². The summed E-state index contributed by atoms with van der Waals surface area (Å²) in [6.07, 6.45) is -3.02. The van der Waals surface area contributed by atoms with Gasteiger partial charge in [0.05, 0.1) is 12.2 Å². The van der Waals surface area contributed by atoms with Crippen molar-refractivity contribution >= 4 is 5.97 Å². The Kier molecular flexibility index (Phi) is 4.84. The first-order valence-corrected chi connectivity index (χ1v) is 6.08. The van der Waals surface area contributed by atoms with E-state index < -0.39 is 30.1 Å². The largest absolute Gasteiger partial charge is 0.522 e. The zero-order valence-electron chi connectivity index (χ0n) is 11.3. The van der Waals surface area contributed by atoms with Crippen molar-refractivity contribution in [1.29, 1.82) is 0 Å². The Morgan fingerprint density at radius 3 is 2.16 bits per heavy atom. The van der Waals surface area contributed by atoms with Gasteiger partial charge in [0.25, 0.3) is 0 Å². The molecule has 0 saturated heterocycles. The number of ether oxygens (including phenoxy) is 3. The smallest absolute Gasteiger partial charge is 0.458 e. The van der Waals surface area contributed by atoms with E-state index in [9.17, 15) is 18.0 Å². The Morgan fingerprint density at radius 2 is 1.79 bits per heavy atom. The fraction of sp³-hybridized carbons (Fsp3) is 0.917. The number of carbonyl (C=O) groups is 1. The summed E-state index contributed by atoms with van der Waals surface area (Å²) in [6.45, 7) is 4.17. The number of carbonyl (C=O) groups excluding carboxylic acids is 1. The van der Waals surface area contributed by atoms with Crippen LogP contribution in [0, 0.1) is 0 Å². The molecule has 0 N–H and O–H groups in total. The molecule has 1 aliphatic carbocycles. The molecule has 7 heteroatoms. The molecule has 0 atom stereocenters. The van der Waals surface area contributed by atoms with Crippen molar-refractivity contribution in [3.05, 3.63) is 0 Å². The van der Waals surface area contributed by atoms with E-state index in [1.54, 1.807) is 20.8 Å². The second-order valence-corrected chi connectivity index (χ2v) is 5.65. The van der Waals surface area contributed by atoms with Gasteiger partial charge in [0.15, 0.2) is 0 Å². The quantitative estimate of drug-likeness (QED) is 0.728. The third kappa shape index (κ3) is 6.24. The average molecular weight is 284 g/mol. The number of halogens is 3. The molecule has 0 aromatic carbocycles. The van der Waals surface area contributed by atoms with Gasteiger partial charge >= 0.3 is 12.3 Å². The Labute approximate surface area is 110 Å². The van der Waals surface area contributed by atoms with E-state index in [4.69, 9.17) is 9.47 Å². The molecule has 1 fully saturated rings. The van der Waals surface area contributed by atoms with Crippen molar-refractivity contribution in [2.75, 3.05) is 13.2 Å². The van der Waals surface area contributed by atoms with Gasteiger partial charge in [-0.3, -0.25) is 4.74 Å². The van der Waals surface area contributed by atoms with Crippen LogP contribution in [0.4, 0.5) is 13.2 Å². The number of hydrogen-bond donors (Lipinski definition) is 0. The molecule has 0 spiro atoms. The molecule has 1 aliphatic rings. The van der Waals surface area contributed by atoms with E-state index in [-0.39, 0.29) is 6.61 Å². The third-order valence-electron chi connectivity index (χ3n) is 2.68. The molecular weight excluding hydrogens is 265 g/mol. The summed E-state index contributed by atoms with van der Waals surface area (Å²) in [6, 6.07) is 0. The maximum atomic E-state index is 12.0. The highest BCUT2D eigenvalue weighted by atomic mass is 19.4. The monoisotopic (exact) mass is 284 g/mol. The lowest BCUT2D eigenvalue weighted by atomic mass is 9.80. The zero-order valence-corrected chi connectivity index (χ0v) is 11.3. The Bertz CT molecular complexity index is 316. The van der Waals surface area contributed by atoms with Crippen LogP contribution in [0.5, 0.6) is 0 Å². The maximum absolute atomic E-state index is 12.0. The van der Waals surface area contributed by atoms with E-state index in [1.165, 1.54) is 0 Å². The Morgan fingerprint density at radius 1 is 1.21 bits per heavy atom. The van der Waals surface area contributed by atoms with Gasteiger partial charge in [0.1, 0.15) is 12.2 Å². The highest BCUT2D eigenvalue weighted by molar-refractivity contribution is 5.71. The number of rotatable bonds is 5. The minimum Gasteiger partial charge on any atom is -0.458 e. The summed E-state index contributed by atoms with van der Waals surface area (Å²) in [4.78, 5) is 11.4. The van der Waals surface area contributed by atoms with Crippen LogP contribution in [-0.2, 0) is 19.0 Å². The molecule has 19 heavy (non-hydrogen) atoms. The van der Waals surface area contributed by atoms with Crippen molar-refractivity contribution < 1.29 is 32.2 Å². The van der Waals surface area contributed by atoms with Gasteiger partial charge in [-0.05, 0) is 40.0 Å². The van der Waals surface area contributed by atoms with Crippen LogP contribution in [0.15, 0.2) is 0 Å². The standard InChI is InChI=1S/C12H19F3O4/c1-10(2,3)19-9(16)7-17-11(5-4-6-11)8-18-12(13,14)15/h4-8H2,1-3H3. The van der Waals surface area contributed by atoms with Gasteiger partial charge in [0.2, 0.25) is 0 Å². The maximum Gasteiger partial charge on any atom is 0.522 e. The van der Waals surface area contributed by atoms with Crippen LogP contribution >= 0.6 is 0 Å². The van der Waals surface area contributed by atoms with Crippen LogP contribution < -0.4 is 0 Å². The Balaban J connectivity index is 2.38. The lowest BCUT2D eigenvalue weighted by molar-refractivity contribution is -0.343. The summed E-state index contributed by atoms with van der Waals surface area (Å²) in [5.41, 5.74) is -1.65. The normalized spacial score (nSPS) is 18.8. The molecule has 0 aromatic heterocycles. The first kappa shape index (κ1) is 16.2.